The highest BCUT2D eigenvalue weighted by Gasteiger charge is 2.13. The van der Waals surface area contributed by atoms with Gasteiger partial charge in [-0.25, -0.2) is 4.99 Å². The average Bonchev–Trinajstić information content (AvgIpc) is 2.69. The molecule has 0 radical (unpaired) electrons. The standard InChI is InChI=1S/C22H17N3/c1-2-25(21-11-7-4-8-12-21)22(24-20-9-5-3-6-10-20)19-15-13-18(17-23)14-16-19/h2-16H,1H2/b24-22+. The van der Waals surface area contributed by atoms with E-state index in [1.165, 1.54) is 0 Å². The van der Waals surface area contributed by atoms with Crippen molar-refractivity contribution in [1.29, 1.82) is 5.26 Å². The summed E-state index contributed by atoms with van der Waals surface area (Å²) in [6.07, 6.45) is 1.75. The molecule has 0 heterocycles. The lowest BCUT2D eigenvalue weighted by molar-refractivity contribution is 1.31. The molecular weight excluding hydrogens is 306 g/mol. The van der Waals surface area contributed by atoms with Crippen LogP contribution < -0.4 is 4.90 Å². The van der Waals surface area contributed by atoms with Crippen LogP contribution in [0.2, 0.25) is 0 Å². The highest BCUT2D eigenvalue weighted by atomic mass is 15.2. The van der Waals surface area contributed by atoms with Gasteiger partial charge in [-0.2, -0.15) is 5.26 Å². The summed E-state index contributed by atoms with van der Waals surface area (Å²) in [5.41, 5.74) is 3.35. The van der Waals surface area contributed by atoms with Crippen LogP contribution in [0.4, 0.5) is 11.4 Å². The molecule has 0 spiro atoms. The van der Waals surface area contributed by atoms with Gasteiger partial charge >= 0.3 is 0 Å². The zero-order valence-electron chi connectivity index (χ0n) is 13.7. The van der Waals surface area contributed by atoms with Crippen molar-refractivity contribution in [2.45, 2.75) is 0 Å². The van der Waals surface area contributed by atoms with E-state index in [0.717, 1.165) is 22.8 Å². The van der Waals surface area contributed by atoms with Gasteiger partial charge in [0.1, 0.15) is 5.84 Å². The van der Waals surface area contributed by atoms with Crippen molar-refractivity contribution in [2.75, 3.05) is 4.90 Å². The number of para-hydroxylation sites is 2. The van der Waals surface area contributed by atoms with Crippen molar-refractivity contribution in [3.8, 4) is 6.07 Å². The van der Waals surface area contributed by atoms with Crippen LogP contribution in [0, 0.1) is 11.3 Å². The highest BCUT2D eigenvalue weighted by molar-refractivity contribution is 6.12. The summed E-state index contributed by atoms with van der Waals surface area (Å²) < 4.78 is 0. The fourth-order valence-corrected chi connectivity index (χ4v) is 2.48. The number of anilines is 1. The van der Waals surface area contributed by atoms with E-state index in [9.17, 15) is 0 Å². The molecular formula is C22H17N3. The molecule has 0 aliphatic carbocycles. The Labute approximate surface area is 147 Å². The van der Waals surface area contributed by atoms with Gasteiger partial charge in [-0.1, -0.05) is 43.0 Å². The SMILES string of the molecule is C=CN(/C(=N/c1ccccc1)c1ccc(C#N)cc1)c1ccccc1. The summed E-state index contributed by atoms with van der Waals surface area (Å²) in [7, 11) is 0. The highest BCUT2D eigenvalue weighted by Crippen LogP contribution is 2.21. The van der Waals surface area contributed by atoms with E-state index in [1.54, 1.807) is 18.3 Å². The molecule has 3 heteroatoms. The number of hydrogen-bond donors (Lipinski definition) is 0. The Morgan fingerprint density at radius 2 is 1.48 bits per heavy atom. The predicted molar refractivity (Wildman–Crippen MR) is 103 cm³/mol. The van der Waals surface area contributed by atoms with Gasteiger partial charge in [0.2, 0.25) is 0 Å². The van der Waals surface area contributed by atoms with Crippen molar-refractivity contribution in [2.24, 2.45) is 4.99 Å². The second-order valence-corrected chi connectivity index (χ2v) is 5.35. The molecule has 3 rings (SSSR count). The first-order valence-corrected chi connectivity index (χ1v) is 7.93. The first kappa shape index (κ1) is 16.2. The molecule has 3 aromatic rings. The van der Waals surface area contributed by atoms with E-state index in [2.05, 4.69) is 12.6 Å². The molecule has 0 atom stereocenters. The van der Waals surface area contributed by atoms with Crippen molar-refractivity contribution in [3.05, 3.63) is 109 Å². The molecule has 0 unspecified atom stereocenters. The van der Waals surface area contributed by atoms with E-state index in [-0.39, 0.29) is 0 Å². The van der Waals surface area contributed by atoms with Gasteiger partial charge in [-0.05, 0) is 48.5 Å². The third kappa shape index (κ3) is 3.82. The van der Waals surface area contributed by atoms with Crippen LogP contribution in [0.3, 0.4) is 0 Å². The van der Waals surface area contributed by atoms with Gasteiger partial charge in [0.15, 0.2) is 0 Å². The quantitative estimate of drug-likeness (QED) is 0.483. The fourth-order valence-electron chi connectivity index (χ4n) is 2.48. The fraction of sp³-hybridized carbons (Fsp3) is 0. The maximum absolute atomic E-state index is 9.03. The molecule has 0 bridgehead atoms. The van der Waals surface area contributed by atoms with Crippen LogP contribution in [-0.4, -0.2) is 5.84 Å². The Morgan fingerprint density at radius 3 is 2.04 bits per heavy atom. The minimum Gasteiger partial charge on any atom is -0.302 e. The van der Waals surface area contributed by atoms with Gasteiger partial charge in [0, 0.05) is 17.5 Å². The minimum absolute atomic E-state index is 0.618. The van der Waals surface area contributed by atoms with Crippen LogP contribution >= 0.6 is 0 Å². The molecule has 0 aliphatic rings. The molecule has 3 nitrogen and oxygen atoms in total. The Hall–Kier alpha value is -3.64. The molecule has 0 fully saturated rings. The van der Waals surface area contributed by atoms with Crippen LogP contribution in [0.1, 0.15) is 11.1 Å². The van der Waals surface area contributed by atoms with E-state index in [1.807, 2.05) is 77.7 Å². The van der Waals surface area contributed by atoms with E-state index in [4.69, 9.17) is 10.3 Å². The number of amidine groups is 1. The Morgan fingerprint density at radius 1 is 0.880 bits per heavy atom. The van der Waals surface area contributed by atoms with Gasteiger partial charge in [-0.3, -0.25) is 0 Å². The second-order valence-electron chi connectivity index (χ2n) is 5.35. The van der Waals surface area contributed by atoms with Crippen molar-refractivity contribution < 1.29 is 0 Å². The summed E-state index contributed by atoms with van der Waals surface area (Å²) in [5.74, 6) is 0.747. The monoisotopic (exact) mass is 323 g/mol. The van der Waals surface area contributed by atoms with Crippen LogP contribution in [0.25, 0.3) is 0 Å². The van der Waals surface area contributed by atoms with Crippen molar-refractivity contribution >= 4 is 17.2 Å². The third-order valence-electron chi connectivity index (χ3n) is 3.71. The number of benzene rings is 3. The van der Waals surface area contributed by atoms with Crippen LogP contribution in [0.5, 0.6) is 0 Å². The topological polar surface area (TPSA) is 39.4 Å². The van der Waals surface area contributed by atoms with Gasteiger partial charge < -0.3 is 4.90 Å². The molecule has 0 aromatic heterocycles. The van der Waals surface area contributed by atoms with Crippen molar-refractivity contribution in [1.82, 2.24) is 0 Å². The minimum atomic E-state index is 0.618. The maximum atomic E-state index is 9.03. The summed E-state index contributed by atoms with van der Waals surface area (Å²) >= 11 is 0. The zero-order chi connectivity index (χ0) is 17.5. The summed E-state index contributed by atoms with van der Waals surface area (Å²) in [6.45, 7) is 3.95. The Kier molecular flexibility index (Phi) is 5.04. The van der Waals surface area contributed by atoms with Crippen LogP contribution in [-0.2, 0) is 0 Å². The van der Waals surface area contributed by atoms with E-state index < -0.39 is 0 Å². The van der Waals surface area contributed by atoms with E-state index >= 15 is 0 Å². The molecule has 25 heavy (non-hydrogen) atoms. The number of nitriles is 1. The molecule has 120 valence electrons. The first-order chi connectivity index (χ1) is 12.3. The van der Waals surface area contributed by atoms with E-state index in [0.29, 0.717) is 5.56 Å². The van der Waals surface area contributed by atoms with Gasteiger partial charge in [0.05, 0.1) is 17.3 Å². The smallest absolute Gasteiger partial charge is 0.145 e. The number of nitrogens with zero attached hydrogens (tertiary/aromatic N) is 3. The first-order valence-electron chi connectivity index (χ1n) is 7.93. The second kappa shape index (κ2) is 7.76. The maximum Gasteiger partial charge on any atom is 0.145 e. The molecule has 0 N–H and O–H groups in total. The lowest BCUT2D eigenvalue weighted by Crippen LogP contribution is -2.25. The number of hydrogen-bond acceptors (Lipinski definition) is 2. The molecule has 0 aliphatic heterocycles. The summed E-state index contributed by atoms with van der Waals surface area (Å²) in [5, 5.41) is 9.03. The lowest BCUT2D eigenvalue weighted by atomic mass is 10.1. The molecule has 0 saturated heterocycles. The third-order valence-corrected chi connectivity index (χ3v) is 3.71. The van der Waals surface area contributed by atoms with Crippen molar-refractivity contribution in [3.63, 3.8) is 0 Å². The zero-order valence-corrected chi connectivity index (χ0v) is 13.7. The van der Waals surface area contributed by atoms with Crippen LogP contribution in [0.15, 0.2) is 103 Å². The summed E-state index contributed by atoms with van der Waals surface area (Å²) in [6, 6.07) is 29.3. The molecule has 0 amide bonds. The Bertz CT molecular complexity index is 905. The number of aliphatic imine (C=N–C) groups is 1. The normalized spacial score (nSPS) is 10.8. The Balaban J connectivity index is 2.12. The van der Waals surface area contributed by atoms with Gasteiger partial charge in [0.25, 0.3) is 0 Å². The lowest BCUT2D eigenvalue weighted by Gasteiger charge is -2.22. The summed E-state index contributed by atoms with van der Waals surface area (Å²) in [4.78, 5) is 6.76. The molecule has 0 saturated carbocycles. The predicted octanol–water partition coefficient (Wildman–Crippen LogP) is 5.29. The average molecular weight is 323 g/mol. The molecule has 3 aromatic carbocycles. The number of rotatable bonds is 4. The largest absolute Gasteiger partial charge is 0.302 e. The van der Waals surface area contributed by atoms with Gasteiger partial charge in [-0.15, -0.1) is 0 Å².